The molecule has 1 saturated heterocycles. The quantitative estimate of drug-likeness (QED) is 0.792. The molecule has 0 aromatic heterocycles. The molecule has 0 aromatic carbocycles. The monoisotopic (exact) mass is 242 g/mol. The lowest BCUT2D eigenvalue weighted by atomic mass is 9.98. The topological polar surface area (TPSA) is 55.6 Å². The summed E-state index contributed by atoms with van der Waals surface area (Å²) in [5, 5.41) is 0. The van der Waals surface area contributed by atoms with Gasteiger partial charge in [-0.2, -0.15) is 0 Å². The van der Waals surface area contributed by atoms with E-state index in [1.165, 1.54) is 0 Å². The van der Waals surface area contributed by atoms with Crippen molar-refractivity contribution in [1.82, 2.24) is 4.90 Å². The molecule has 4 heteroatoms. The van der Waals surface area contributed by atoms with Crippen LogP contribution in [0.5, 0.6) is 0 Å². The fraction of sp³-hybridized carbons (Fsp3) is 0.923. The Morgan fingerprint density at radius 2 is 2.24 bits per heavy atom. The summed E-state index contributed by atoms with van der Waals surface area (Å²) in [6.45, 7) is 8.27. The van der Waals surface area contributed by atoms with Gasteiger partial charge in [-0.3, -0.25) is 4.79 Å². The van der Waals surface area contributed by atoms with E-state index >= 15 is 0 Å². The van der Waals surface area contributed by atoms with Crippen LogP contribution in [-0.2, 0) is 9.53 Å². The van der Waals surface area contributed by atoms with E-state index in [-0.39, 0.29) is 24.0 Å². The highest BCUT2D eigenvalue weighted by Gasteiger charge is 2.29. The normalized spacial score (nSPS) is 24.5. The van der Waals surface area contributed by atoms with Crippen LogP contribution in [0.25, 0.3) is 0 Å². The minimum absolute atomic E-state index is 0.0868. The third-order valence-electron chi connectivity index (χ3n) is 3.60. The summed E-state index contributed by atoms with van der Waals surface area (Å²) < 4.78 is 5.63. The molecular formula is C13H26N2O2. The van der Waals surface area contributed by atoms with Crippen LogP contribution in [0.2, 0.25) is 0 Å². The molecule has 1 heterocycles. The number of nitrogens with two attached hydrogens (primary N) is 1. The number of rotatable bonds is 5. The number of hydrogen-bond donors (Lipinski definition) is 1. The average molecular weight is 242 g/mol. The Balaban J connectivity index is 2.51. The van der Waals surface area contributed by atoms with Crippen molar-refractivity contribution in [2.24, 2.45) is 11.7 Å². The van der Waals surface area contributed by atoms with E-state index in [0.29, 0.717) is 19.7 Å². The van der Waals surface area contributed by atoms with Crippen molar-refractivity contribution in [1.29, 1.82) is 0 Å². The lowest BCUT2D eigenvalue weighted by molar-refractivity contribution is -0.141. The highest BCUT2D eigenvalue weighted by molar-refractivity contribution is 5.82. The molecule has 0 radical (unpaired) electrons. The molecule has 2 N–H and O–H groups in total. The van der Waals surface area contributed by atoms with Gasteiger partial charge in [0.1, 0.15) is 0 Å². The molecule has 17 heavy (non-hydrogen) atoms. The van der Waals surface area contributed by atoms with Gasteiger partial charge in [-0.15, -0.1) is 0 Å². The smallest absolute Gasteiger partial charge is 0.239 e. The first-order valence-corrected chi connectivity index (χ1v) is 6.76. The number of carbonyl (C=O) groups is 1. The molecule has 1 aliphatic rings. The molecule has 1 rings (SSSR count). The number of carbonyl (C=O) groups excluding carboxylic acids is 1. The maximum Gasteiger partial charge on any atom is 0.239 e. The summed E-state index contributed by atoms with van der Waals surface area (Å²) in [4.78, 5) is 14.1. The first-order valence-electron chi connectivity index (χ1n) is 6.76. The van der Waals surface area contributed by atoms with Crippen LogP contribution in [0.3, 0.4) is 0 Å². The molecule has 1 fully saturated rings. The predicted molar refractivity (Wildman–Crippen MR) is 68.7 cm³/mol. The van der Waals surface area contributed by atoms with Crippen molar-refractivity contribution < 1.29 is 9.53 Å². The van der Waals surface area contributed by atoms with Gasteiger partial charge in [0.2, 0.25) is 5.91 Å². The summed E-state index contributed by atoms with van der Waals surface area (Å²) in [5.74, 6) is 0.332. The Morgan fingerprint density at radius 1 is 1.53 bits per heavy atom. The summed E-state index contributed by atoms with van der Waals surface area (Å²) in [6, 6.07) is -0.361. The third kappa shape index (κ3) is 3.96. The summed E-state index contributed by atoms with van der Waals surface area (Å²) in [5.41, 5.74) is 5.99. The fourth-order valence-corrected chi connectivity index (χ4v) is 2.12. The van der Waals surface area contributed by atoms with Crippen LogP contribution in [0.15, 0.2) is 0 Å². The minimum atomic E-state index is -0.361. The van der Waals surface area contributed by atoms with E-state index in [2.05, 4.69) is 13.8 Å². The van der Waals surface area contributed by atoms with Gasteiger partial charge in [-0.1, -0.05) is 33.6 Å². The molecule has 100 valence electrons. The number of hydrogen-bond acceptors (Lipinski definition) is 3. The van der Waals surface area contributed by atoms with Crippen molar-refractivity contribution in [2.45, 2.75) is 52.2 Å². The Kier molecular flexibility index (Phi) is 5.92. The molecule has 3 atom stereocenters. The first kappa shape index (κ1) is 14.5. The SMILES string of the molecule is CCCC1CN(C(=O)C(N)C(C)CC)CCO1. The van der Waals surface area contributed by atoms with Crippen LogP contribution >= 0.6 is 0 Å². The number of amides is 1. The number of morpholine rings is 1. The maximum absolute atomic E-state index is 12.2. The van der Waals surface area contributed by atoms with Gasteiger partial charge in [-0.25, -0.2) is 0 Å². The molecule has 0 bridgehead atoms. The van der Waals surface area contributed by atoms with Gasteiger partial charge < -0.3 is 15.4 Å². The van der Waals surface area contributed by atoms with Crippen LogP contribution in [-0.4, -0.2) is 42.6 Å². The average Bonchev–Trinajstić information content (AvgIpc) is 2.36. The Hall–Kier alpha value is -0.610. The van der Waals surface area contributed by atoms with E-state index in [9.17, 15) is 4.79 Å². The zero-order valence-corrected chi connectivity index (χ0v) is 11.3. The van der Waals surface area contributed by atoms with Crippen LogP contribution in [0.4, 0.5) is 0 Å². The Morgan fingerprint density at radius 3 is 2.82 bits per heavy atom. The standard InChI is InChI=1S/C13H26N2O2/c1-4-6-11-9-15(7-8-17-11)13(16)12(14)10(3)5-2/h10-12H,4-9,14H2,1-3H3. The summed E-state index contributed by atoms with van der Waals surface area (Å²) in [7, 11) is 0. The zero-order chi connectivity index (χ0) is 12.8. The van der Waals surface area contributed by atoms with Crippen molar-refractivity contribution >= 4 is 5.91 Å². The van der Waals surface area contributed by atoms with Crippen LogP contribution < -0.4 is 5.73 Å². The van der Waals surface area contributed by atoms with Crippen LogP contribution in [0, 0.1) is 5.92 Å². The third-order valence-corrected chi connectivity index (χ3v) is 3.60. The minimum Gasteiger partial charge on any atom is -0.375 e. The first-order chi connectivity index (χ1) is 8.10. The number of ether oxygens (including phenoxy) is 1. The molecule has 0 saturated carbocycles. The van der Waals surface area contributed by atoms with Gasteiger partial charge in [0.05, 0.1) is 18.8 Å². The molecule has 1 aliphatic heterocycles. The zero-order valence-electron chi connectivity index (χ0n) is 11.3. The molecule has 4 nitrogen and oxygen atoms in total. The molecule has 3 unspecified atom stereocenters. The van der Waals surface area contributed by atoms with Gasteiger partial charge >= 0.3 is 0 Å². The second-order valence-electron chi connectivity index (χ2n) is 4.98. The maximum atomic E-state index is 12.2. The lowest BCUT2D eigenvalue weighted by Gasteiger charge is -2.35. The highest BCUT2D eigenvalue weighted by atomic mass is 16.5. The summed E-state index contributed by atoms with van der Waals surface area (Å²) >= 11 is 0. The van der Waals surface area contributed by atoms with Crippen LogP contribution in [0.1, 0.15) is 40.0 Å². The Labute approximate surface area is 104 Å². The molecule has 0 spiro atoms. The van der Waals surface area contributed by atoms with Gasteiger partial charge in [0.15, 0.2) is 0 Å². The lowest BCUT2D eigenvalue weighted by Crippen LogP contribution is -2.53. The molecule has 0 aliphatic carbocycles. The van der Waals surface area contributed by atoms with E-state index < -0.39 is 0 Å². The second-order valence-corrected chi connectivity index (χ2v) is 4.98. The van der Waals surface area contributed by atoms with Crippen molar-refractivity contribution in [3.8, 4) is 0 Å². The largest absolute Gasteiger partial charge is 0.375 e. The van der Waals surface area contributed by atoms with E-state index in [4.69, 9.17) is 10.5 Å². The van der Waals surface area contributed by atoms with Gasteiger partial charge in [-0.05, 0) is 12.3 Å². The summed E-state index contributed by atoms with van der Waals surface area (Å²) in [6.07, 6.45) is 3.24. The fourth-order valence-electron chi connectivity index (χ4n) is 2.12. The predicted octanol–water partition coefficient (Wildman–Crippen LogP) is 1.39. The van der Waals surface area contributed by atoms with Gasteiger partial charge in [0, 0.05) is 13.1 Å². The van der Waals surface area contributed by atoms with E-state index in [1.807, 2.05) is 11.8 Å². The van der Waals surface area contributed by atoms with Crippen molar-refractivity contribution in [3.05, 3.63) is 0 Å². The van der Waals surface area contributed by atoms with E-state index in [0.717, 1.165) is 19.3 Å². The molecular weight excluding hydrogens is 216 g/mol. The second kappa shape index (κ2) is 6.97. The molecule has 1 amide bonds. The van der Waals surface area contributed by atoms with Gasteiger partial charge in [0.25, 0.3) is 0 Å². The molecule has 0 aromatic rings. The van der Waals surface area contributed by atoms with Crippen molar-refractivity contribution in [3.63, 3.8) is 0 Å². The van der Waals surface area contributed by atoms with E-state index in [1.54, 1.807) is 0 Å². The van der Waals surface area contributed by atoms with Crippen molar-refractivity contribution in [2.75, 3.05) is 19.7 Å². The number of nitrogens with zero attached hydrogens (tertiary/aromatic N) is 1. The Bertz CT molecular complexity index is 244. The highest BCUT2D eigenvalue weighted by Crippen LogP contribution is 2.14.